The van der Waals surface area contributed by atoms with Crippen LogP contribution in [0.15, 0.2) is 33.9 Å². The van der Waals surface area contributed by atoms with Gasteiger partial charge in [0.1, 0.15) is 11.6 Å². The number of unbranched alkanes of at least 4 members (excludes halogenated alkanes) is 1. The monoisotopic (exact) mass is 413 g/mol. The molecule has 8 heteroatoms. The number of benzene rings is 1. The predicted molar refractivity (Wildman–Crippen MR) is 118 cm³/mol. The maximum Gasteiger partial charge on any atom is 0.330 e. The number of nitrogens with zero attached hydrogens (tertiary/aromatic N) is 4. The number of nitrogens with one attached hydrogen (secondary N) is 1. The van der Waals surface area contributed by atoms with Crippen LogP contribution in [-0.2, 0) is 20.1 Å². The summed E-state index contributed by atoms with van der Waals surface area (Å²) >= 11 is 0. The SMILES string of the molecule is CCCCn1c(=O)[nH]c(=O)c2c1nc(CN(CC)C(C)c1cccc(OC)c1)n2C. The van der Waals surface area contributed by atoms with E-state index in [1.54, 1.807) is 16.2 Å². The van der Waals surface area contributed by atoms with Crippen LogP contribution in [0.1, 0.15) is 51.0 Å². The Morgan fingerprint density at radius 3 is 2.70 bits per heavy atom. The summed E-state index contributed by atoms with van der Waals surface area (Å²) in [5.74, 6) is 1.58. The third-order valence-electron chi connectivity index (χ3n) is 5.72. The van der Waals surface area contributed by atoms with Crippen molar-refractivity contribution in [1.82, 2.24) is 24.0 Å². The second-order valence-corrected chi connectivity index (χ2v) is 7.54. The number of hydrogen-bond donors (Lipinski definition) is 1. The zero-order chi connectivity index (χ0) is 21.8. The molecule has 0 aliphatic rings. The van der Waals surface area contributed by atoms with Gasteiger partial charge in [0, 0.05) is 19.6 Å². The Kier molecular flexibility index (Phi) is 6.77. The Morgan fingerprint density at radius 2 is 2.03 bits per heavy atom. The standard InChI is InChI=1S/C22H31N5O3/c1-6-8-12-27-20-19(21(28)24-22(27)29)25(4)18(23-20)14-26(7-2)15(3)16-10-9-11-17(13-16)30-5/h9-11,13,15H,6-8,12,14H2,1-5H3,(H,24,28,29). The van der Waals surface area contributed by atoms with Crippen molar-refractivity contribution in [2.45, 2.75) is 52.7 Å². The molecule has 1 unspecified atom stereocenters. The smallest absolute Gasteiger partial charge is 0.330 e. The van der Waals surface area contributed by atoms with E-state index in [1.807, 2.05) is 25.2 Å². The van der Waals surface area contributed by atoms with Crippen LogP contribution in [0, 0.1) is 0 Å². The Balaban J connectivity index is 1.99. The summed E-state index contributed by atoms with van der Waals surface area (Å²) in [5, 5.41) is 0. The summed E-state index contributed by atoms with van der Waals surface area (Å²) in [5.41, 5.74) is 1.24. The highest BCUT2D eigenvalue weighted by molar-refractivity contribution is 5.70. The maximum absolute atomic E-state index is 12.5. The molecule has 0 fully saturated rings. The summed E-state index contributed by atoms with van der Waals surface area (Å²) in [6, 6.07) is 8.16. The molecule has 0 amide bonds. The van der Waals surface area contributed by atoms with Crippen LogP contribution < -0.4 is 16.0 Å². The van der Waals surface area contributed by atoms with Crippen LogP contribution in [0.3, 0.4) is 0 Å². The van der Waals surface area contributed by atoms with Crippen LogP contribution in [0.2, 0.25) is 0 Å². The van der Waals surface area contributed by atoms with E-state index >= 15 is 0 Å². The first-order valence-corrected chi connectivity index (χ1v) is 10.5. The number of H-pyrrole nitrogens is 1. The van der Waals surface area contributed by atoms with E-state index in [1.165, 1.54) is 0 Å². The maximum atomic E-state index is 12.5. The number of aromatic nitrogens is 4. The average Bonchev–Trinajstić information content (AvgIpc) is 3.07. The zero-order valence-corrected chi connectivity index (χ0v) is 18.4. The van der Waals surface area contributed by atoms with Crippen LogP contribution in [0.25, 0.3) is 11.2 Å². The van der Waals surface area contributed by atoms with Gasteiger partial charge in [0.25, 0.3) is 5.56 Å². The minimum Gasteiger partial charge on any atom is -0.497 e. The molecule has 0 aliphatic heterocycles. The molecule has 3 aromatic rings. The topological polar surface area (TPSA) is 85.2 Å². The molecule has 2 heterocycles. The molecule has 1 aromatic carbocycles. The predicted octanol–water partition coefficient (Wildman–Crippen LogP) is 2.82. The summed E-state index contributed by atoms with van der Waals surface area (Å²) in [4.78, 5) is 34.3. The van der Waals surface area contributed by atoms with Crippen molar-refractivity contribution >= 4 is 11.2 Å². The molecule has 0 spiro atoms. The molecular weight excluding hydrogens is 382 g/mol. The van der Waals surface area contributed by atoms with Crippen LogP contribution in [0.5, 0.6) is 5.75 Å². The van der Waals surface area contributed by atoms with Gasteiger partial charge in [-0.1, -0.05) is 32.4 Å². The summed E-state index contributed by atoms with van der Waals surface area (Å²) in [6.45, 7) is 8.21. The van der Waals surface area contributed by atoms with E-state index in [-0.39, 0.29) is 6.04 Å². The summed E-state index contributed by atoms with van der Waals surface area (Å²) in [7, 11) is 3.50. The van der Waals surface area contributed by atoms with Crippen molar-refractivity contribution in [3.63, 3.8) is 0 Å². The Hall–Kier alpha value is -2.87. The van der Waals surface area contributed by atoms with Gasteiger partial charge < -0.3 is 9.30 Å². The highest BCUT2D eigenvalue weighted by Crippen LogP contribution is 2.25. The second-order valence-electron chi connectivity index (χ2n) is 7.54. The van der Waals surface area contributed by atoms with Gasteiger partial charge in [0.2, 0.25) is 0 Å². The Bertz CT molecular complexity index is 1130. The number of ether oxygens (including phenoxy) is 1. The molecule has 30 heavy (non-hydrogen) atoms. The first-order chi connectivity index (χ1) is 14.4. The molecule has 8 nitrogen and oxygen atoms in total. The fourth-order valence-electron chi connectivity index (χ4n) is 3.77. The lowest BCUT2D eigenvalue weighted by molar-refractivity contribution is 0.205. The molecule has 0 saturated carbocycles. The molecule has 3 rings (SSSR count). The lowest BCUT2D eigenvalue weighted by atomic mass is 10.1. The lowest BCUT2D eigenvalue weighted by Crippen LogP contribution is -2.31. The Morgan fingerprint density at radius 1 is 1.27 bits per heavy atom. The van der Waals surface area contributed by atoms with Gasteiger partial charge in [0.05, 0.1) is 13.7 Å². The van der Waals surface area contributed by atoms with E-state index in [0.717, 1.165) is 36.5 Å². The van der Waals surface area contributed by atoms with Crippen molar-refractivity contribution in [2.75, 3.05) is 13.7 Å². The van der Waals surface area contributed by atoms with Crippen LogP contribution >= 0.6 is 0 Å². The highest BCUT2D eigenvalue weighted by atomic mass is 16.5. The van der Waals surface area contributed by atoms with Gasteiger partial charge in [-0.15, -0.1) is 0 Å². The van der Waals surface area contributed by atoms with Gasteiger partial charge >= 0.3 is 5.69 Å². The molecule has 1 N–H and O–H groups in total. The molecule has 0 radical (unpaired) electrons. The van der Waals surface area contributed by atoms with Crippen LogP contribution in [0.4, 0.5) is 0 Å². The zero-order valence-electron chi connectivity index (χ0n) is 18.4. The third kappa shape index (κ3) is 4.18. The second kappa shape index (κ2) is 9.30. The van der Waals surface area contributed by atoms with E-state index in [4.69, 9.17) is 9.72 Å². The van der Waals surface area contributed by atoms with Crippen molar-refractivity contribution in [3.05, 3.63) is 56.5 Å². The molecule has 2 aromatic heterocycles. The van der Waals surface area contributed by atoms with Gasteiger partial charge in [0.15, 0.2) is 11.2 Å². The number of rotatable bonds is 9. The van der Waals surface area contributed by atoms with E-state index in [9.17, 15) is 9.59 Å². The van der Waals surface area contributed by atoms with Gasteiger partial charge in [-0.25, -0.2) is 9.78 Å². The van der Waals surface area contributed by atoms with Crippen molar-refractivity contribution in [3.8, 4) is 5.75 Å². The number of fused-ring (bicyclic) bond motifs is 1. The number of hydrogen-bond acceptors (Lipinski definition) is 5. The Labute approximate surface area is 176 Å². The van der Waals surface area contributed by atoms with Crippen molar-refractivity contribution in [2.24, 2.45) is 7.05 Å². The highest BCUT2D eigenvalue weighted by Gasteiger charge is 2.21. The molecule has 0 saturated heterocycles. The van der Waals surface area contributed by atoms with E-state index < -0.39 is 11.2 Å². The van der Waals surface area contributed by atoms with Gasteiger partial charge in [-0.3, -0.25) is 19.2 Å². The van der Waals surface area contributed by atoms with E-state index in [2.05, 4.69) is 36.7 Å². The minimum atomic E-state index is -0.400. The third-order valence-corrected chi connectivity index (χ3v) is 5.72. The minimum absolute atomic E-state index is 0.130. The fourth-order valence-corrected chi connectivity index (χ4v) is 3.77. The summed E-state index contributed by atoms with van der Waals surface area (Å²) in [6.07, 6.45) is 1.80. The number of aryl methyl sites for hydroxylation is 2. The summed E-state index contributed by atoms with van der Waals surface area (Å²) < 4.78 is 8.74. The normalized spacial score (nSPS) is 12.6. The fraction of sp³-hybridized carbons (Fsp3) is 0.500. The van der Waals surface area contributed by atoms with E-state index in [0.29, 0.717) is 24.3 Å². The lowest BCUT2D eigenvalue weighted by Gasteiger charge is -2.28. The van der Waals surface area contributed by atoms with Crippen molar-refractivity contribution < 1.29 is 4.74 Å². The average molecular weight is 414 g/mol. The van der Waals surface area contributed by atoms with Gasteiger partial charge in [-0.2, -0.15) is 0 Å². The van der Waals surface area contributed by atoms with Gasteiger partial charge in [-0.05, 0) is 37.6 Å². The number of imidazole rings is 1. The molecule has 0 aliphatic carbocycles. The molecule has 162 valence electrons. The van der Waals surface area contributed by atoms with Crippen molar-refractivity contribution in [1.29, 1.82) is 0 Å². The molecule has 1 atom stereocenters. The quantitative estimate of drug-likeness (QED) is 0.583. The van der Waals surface area contributed by atoms with Crippen LogP contribution in [-0.4, -0.2) is 37.7 Å². The number of aromatic amines is 1. The first-order valence-electron chi connectivity index (χ1n) is 10.5. The first kappa shape index (κ1) is 21.8. The largest absolute Gasteiger partial charge is 0.497 e. The molecule has 0 bridgehead atoms. The number of methoxy groups -OCH3 is 1. The molecular formula is C22H31N5O3.